The van der Waals surface area contributed by atoms with Gasteiger partial charge in [0.15, 0.2) is 0 Å². The smallest absolute Gasteiger partial charge is 0.277 e. The molecule has 2 heterocycles. The Morgan fingerprint density at radius 1 is 1.16 bits per heavy atom. The average Bonchev–Trinajstić information content (AvgIpc) is 3.32. The van der Waals surface area contributed by atoms with Gasteiger partial charge in [0.2, 0.25) is 11.8 Å². The monoisotopic (exact) mass is 452 g/mol. The predicted molar refractivity (Wildman–Crippen MR) is 128 cm³/mol. The molecule has 0 saturated heterocycles. The first kappa shape index (κ1) is 22.2. The Morgan fingerprint density at radius 2 is 1.94 bits per heavy atom. The van der Waals surface area contributed by atoms with Crippen molar-refractivity contribution in [2.24, 2.45) is 0 Å². The van der Waals surface area contributed by atoms with Crippen molar-refractivity contribution in [3.63, 3.8) is 0 Å². The van der Waals surface area contributed by atoms with E-state index < -0.39 is 0 Å². The van der Waals surface area contributed by atoms with Crippen LogP contribution < -0.4 is 14.5 Å². The number of nitrogens with zero attached hydrogens (tertiary/aromatic N) is 4. The van der Waals surface area contributed by atoms with Crippen LogP contribution in [0.3, 0.4) is 0 Å². The highest BCUT2D eigenvalue weighted by molar-refractivity contribution is 7.99. The van der Waals surface area contributed by atoms with Crippen molar-refractivity contribution in [1.29, 1.82) is 0 Å². The number of hydrogen-bond acceptors (Lipinski definition) is 7. The first-order valence-corrected chi connectivity index (χ1v) is 11.9. The van der Waals surface area contributed by atoms with Crippen molar-refractivity contribution in [2.75, 3.05) is 42.3 Å². The first-order valence-electron chi connectivity index (χ1n) is 10.9. The summed E-state index contributed by atoms with van der Waals surface area (Å²) in [4.78, 5) is 17.0. The summed E-state index contributed by atoms with van der Waals surface area (Å²) >= 11 is 1.27. The van der Waals surface area contributed by atoms with Crippen molar-refractivity contribution in [1.82, 2.24) is 10.2 Å². The van der Waals surface area contributed by atoms with E-state index in [1.54, 1.807) is 7.11 Å². The molecule has 1 amide bonds. The summed E-state index contributed by atoms with van der Waals surface area (Å²) in [6, 6.07) is 14.0. The molecule has 3 aromatic rings. The lowest BCUT2D eigenvalue weighted by atomic mass is 10.0. The number of carbonyl (C=O) groups excluding carboxylic acids is 1. The zero-order valence-electron chi connectivity index (χ0n) is 18.7. The zero-order valence-corrected chi connectivity index (χ0v) is 19.5. The summed E-state index contributed by atoms with van der Waals surface area (Å²) in [5.74, 6) is 1.55. The lowest BCUT2D eigenvalue weighted by Gasteiger charge is -2.29. The Bertz CT molecular complexity index is 1060. The van der Waals surface area contributed by atoms with Crippen molar-refractivity contribution in [3.8, 4) is 17.2 Å². The van der Waals surface area contributed by atoms with Gasteiger partial charge in [-0.1, -0.05) is 11.8 Å². The highest BCUT2D eigenvalue weighted by atomic mass is 32.2. The minimum absolute atomic E-state index is 0.0319. The minimum Gasteiger partial charge on any atom is -0.497 e. The summed E-state index contributed by atoms with van der Waals surface area (Å²) in [6.45, 7) is 6.91. The molecule has 1 aliphatic heterocycles. The van der Waals surface area contributed by atoms with Gasteiger partial charge < -0.3 is 19.0 Å². The first-order chi connectivity index (χ1) is 15.6. The number of ether oxygens (including phenoxy) is 1. The maximum Gasteiger partial charge on any atom is 0.277 e. The van der Waals surface area contributed by atoms with Crippen molar-refractivity contribution < 1.29 is 13.9 Å². The number of anilines is 2. The van der Waals surface area contributed by atoms with Gasteiger partial charge in [-0.3, -0.25) is 4.79 Å². The fourth-order valence-corrected chi connectivity index (χ4v) is 4.59. The van der Waals surface area contributed by atoms with E-state index in [4.69, 9.17) is 9.15 Å². The van der Waals surface area contributed by atoms with Gasteiger partial charge in [-0.15, -0.1) is 10.2 Å². The van der Waals surface area contributed by atoms with Gasteiger partial charge in [-0.25, -0.2) is 0 Å². The Balaban J connectivity index is 1.39. The zero-order chi connectivity index (χ0) is 22.5. The summed E-state index contributed by atoms with van der Waals surface area (Å²) in [7, 11) is 1.65. The molecular formula is C24H28N4O3S. The number of rotatable bonds is 8. The molecule has 168 valence electrons. The third-order valence-electron chi connectivity index (χ3n) is 5.67. The lowest BCUT2D eigenvalue weighted by Crippen LogP contribution is -2.36. The fourth-order valence-electron chi connectivity index (χ4n) is 3.95. The summed E-state index contributed by atoms with van der Waals surface area (Å²) in [6.07, 6.45) is 1.88. The molecule has 0 aliphatic carbocycles. The van der Waals surface area contributed by atoms with Crippen molar-refractivity contribution in [2.45, 2.75) is 31.9 Å². The van der Waals surface area contributed by atoms with E-state index in [9.17, 15) is 4.79 Å². The number of amides is 1. The molecule has 8 heteroatoms. The molecule has 32 heavy (non-hydrogen) atoms. The van der Waals surface area contributed by atoms with E-state index in [0.717, 1.165) is 54.2 Å². The summed E-state index contributed by atoms with van der Waals surface area (Å²) in [5, 5.41) is 8.67. The van der Waals surface area contributed by atoms with Gasteiger partial charge in [-0.2, -0.15) is 0 Å². The third kappa shape index (κ3) is 4.75. The second kappa shape index (κ2) is 10.1. The van der Waals surface area contributed by atoms with Crippen LogP contribution in [0.4, 0.5) is 11.4 Å². The van der Waals surface area contributed by atoms with E-state index >= 15 is 0 Å². The molecule has 0 radical (unpaired) electrons. The molecule has 4 rings (SSSR count). The van der Waals surface area contributed by atoms with Crippen LogP contribution in [-0.2, 0) is 11.2 Å². The van der Waals surface area contributed by atoms with Gasteiger partial charge in [0.25, 0.3) is 5.22 Å². The number of hydrogen-bond donors (Lipinski definition) is 0. The van der Waals surface area contributed by atoms with E-state index in [0.29, 0.717) is 17.7 Å². The molecule has 0 spiro atoms. The maximum atomic E-state index is 12.9. The van der Waals surface area contributed by atoms with E-state index in [1.807, 2.05) is 35.2 Å². The van der Waals surface area contributed by atoms with Crippen LogP contribution in [0.15, 0.2) is 52.1 Å². The normalized spacial score (nSPS) is 13.0. The SMILES string of the molecule is CCN(CC)c1ccc(-c2nnc(SCC(=O)N3CCCc4cc(OC)ccc43)o2)cc1. The highest BCUT2D eigenvalue weighted by Gasteiger charge is 2.23. The standard InChI is InChI=1S/C24H28N4O3S/c1-4-27(5-2)19-10-8-17(9-11-19)23-25-26-24(31-23)32-16-22(29)28-14-6-7-18-15-20(30-3)12-13-21(18)28/h8-13,15H,4-7,14,16H2,1-3H3. The number of carbonyl (C=O) groups is 1. The Hall–Kier alpha value is -3.00. The predicted octanol–water partition coefficient (Wildman–Crippen LogP) is 4.66. The van der Waals surface area contributed by atoms with E-state index in [-0.39, 0.29) is 11.7 Å². The lowest BCUT2D eigenvalue weighted by molar-refractivity contribution is -0.116. The largest absolute Gasteiger partial charge is 0.497 e. The van der Waals surface area contributed by atoms with Gasteiger partial charge in [0.05, 0.1) is 12.9 Å². The molecular weight excluding hydrogens is 424 g/mol. The van der Waals surface area contributed by atoms with Crippen molar-refractivity contribution in [3.05, 3.63) is 48.0 Å². The van der Waals surface area contributed by atoms with Crippen LogP contribution in [0, 0.1) is 0 Å². The highest BCUT2D eigenvalue weighted by Crippen LogP contribution is 2.32. The van der Waals surface area contributed by atoms with E-state index in [2.05, 4.69) is 41.1 Å². The van der Waals surface area contributed by atoms with Gasteiger partial charge in [0.1, 0.15) is 5.75 Å². The Kier molecular flexibility index (Phi) is 6.99. The quantitative estimate of drug-likeness (QED) is 0.460. The number of benzene rings is 2. The van der Waals surface area contributed by atoms with Crippen LogP contribution >= 0.6 is 11.8 Å². The van der Waals surface area contributed by atoms with Crippen molar-refractivity contribution >= 4 is 29.0 Å². The molecule has 0 bridgehead atoms. The summed E-state index contributed by atoms with van der Waals surface area (Å²) < 4.78 is 11.1. The topological polar surface area (TPSA) is 71.7 Å². The molecule has 7 nitrogen and oxygen atoms in total. The van der Waals surface area contributed by atoms with Crippen LogP contribution in [-0.4, -0.2) is 48.6 Å². The van der Waals surface area contributed by atoms with Gasteiger partial charge in [-0.05, 0) is 74.7 Å². The average molecular weight is 453 g/mol. The van der Waals surface area contributed by atoms with Crippen LogP contribution in [0.2, 0.25) is 0 Å². The van der Waals surface area contributed by atoms with Gasteiger partial charge >= 0.3 is 0 Å². The second-order valence-corrected chi connectivity index (χ2v) is 8.45. The van der Waals surface area contributed by atoms with Crippen LogP contribution in [0.5, 0.6) is 5.75 Å². The number of fused-ring (bicyclic) bond motifs is 1. The molecule has 0 fully saturated rings. The summed E-state index contributed by atoms with van der Waals surface area (Å²) in [5.41, 5.74) is 4.13. The molecule has 1 aliphatic rings. The number of thioether (sulfide) groups is 1. The number of aryl methyl sites for hydroxylation is 1. The Morgan fingerprint density at radius 3 is 2.66 bits per heavy atom. The molecule has 0 unspecified atom stereocenters. The molecule has 2 aromatic carbocycles. The molecule has 0 atom stereocenters. The van der Waals surface area contributed by atoms with Gasteiger partial charge in [0, 0.05) is 36.6 Å². The number of aromatic nitrogens is 2. The van der Waals surface area contributed by atoms with Crippen LogP contribution in [0.1, 0.15) is 25.8 Å². The second-order valence-electron chi connectivity index (χ2n) is 7.52. The number of methoxy groups -OCH3 is 1. The fraction of sp³-hybridized carbons (Fsp3) is 0.375. The third-order valence-corrected chi connectivity index (χ3v) is 6.48. The maximum absolute atomic E-state index is 12.9. The minimum atomic E-state index is 0.0319. The van der Waals surface area contributed by atoms with E-state index in [1.165, 1.54) is 11.8 Å². The molecule has 0 saturated carbocycles. The van der Waals surface area contributed by atoms with Crippen LogP contribution in [0.25, 0.3) is 11.5 Å². The Labute approximate surface area is 192 Å². The molecule has 1 aromatic heterocycles. The molecule has 0 N–H and O–H groups in total.